The van der Waals surface area contributed by atoms with E-state index in [-0.39, 0.29) is 6.10 Å². The van der Waals surface area contributed by atoms with Crippen molar-refractivity contribution in [1.29, 1.82) is 0 Å². The number of ether oxygens (including phenoxy) is 1. The molecule has 2 aromatic carbocycles. The van der Waals surface area contributed by atoms with E-state index in [1.54, 1.807) is 18.3 Å². The third kappa shape index (κ3) is 4.65. The van der Waals surface area contributed by atoms with Gasteiger partial charge in [0, 0.05) is 21.2 Å². The number of hydrogen-bond acceptors (Lipinski definition) is 3. The number of hydrogen-bond donors (Lipinski definition) is 1. The highest BCUT2D eigenvalue weighted by molar-refractivity contribution is 6.35. The molecule has 1 N–H and O–H groups in total. The molecule has 0 saturated carbocycles. The standard InChI is InChI=1S/C17H18Cl2N2O/c1-12(2)22-17-9-4-3-6-13(17)10-20-21-11-14-15(18)7-5-8-16(14)19/h3-10,12,21H,11H2,1-2H3/b20-10-. The SMILES string of the molecule is CC(C)Oc1ccccc1/C=N\NCc1c(Cl)cccc1Cl. The smallest absolute Gasteiger partial charge is 0.128 e. The van der Waals surface area contributed by atoms with Crippen molar-refractivity contribution >= 4 is 29.4 Å². The van der Waals surface area contributed by atoms with Crippen LogP contribution in [0.1, 0.15) is 25.0 Å². The third-order valence-electron chi connectivity index (χ3n) is 2.89. The van der Waals surface area contributed by atoms with Crippen LogP contribution in [0.3, 0.4) is 0 Å². The number of nitrogens with one attached hydrogen (secondary N) is 1. The molecule has 0 unspecified atom stereocenters. The van der Waals surface area contributed by atoms with Crippen molar-refractivity contribution in [2.45, 2.75) is 26.5 Å². The van der Waals surface area contributed by atoms with E-state index >= 15 is 0 Å². The Morgan fingerprint density at radius 1 is 1.09 bits per heavy atom. The van der Waals surface area contributed by atoms with Gasteiger partial charge in [0.1, 0.15) is 5.75 Å². The summed E-state index contributed by atoms with van der Waals surface area (Å²) < 4.78 is 5.74. The number of benzene rings is 2. The highest BCUT2D eigenvalue weighted by Gasteiger charge is 2.04. The van der Waals surface area contributed by atoms with Crippen LogP contribution in [0, 0.1) is 0 Å². The van der Waals surface area contributed by atoms with Crippen LogP contribution in [0.5, 0.6) is 5.75 Å². The molecule has 0 aliphatic carbocycles. The molecule has 0 atom stereocenters. The molecule has 5 heteroatoms. The van der Waals surface area contributed by atoms with Gasteiger partial charge in [-0.05, 0) is 38.1 Å². The minimum absolute atomic E-state index is 0.115. The van der Waals surface area contributed by atoms with Crippen LogP contribution in [0.2, 0.25) is 10.0 Å². The quantitative estimate of drug-likeness (QED) is 0.601. The molecule has 3 nitrogen and oxygen atoms in total. The maximum Gasteiger partial charge on any atom is 0.128 e. The summed E-state index contributed by atoms with van der Waals surface area (Å²) in [6.45, 7) is 4.44. The summed E-state index contributed by atoms with van der Waals surface area (Å²) in [5.74, 6) is 0.804. The molecule has 0 radical (unpaired) electrons. The van der Waals surface area contributed by atoms with Crippen molar-refractivity contribution in [3.63, 3.8) is 0 Å². The second-order valence-electron chi connectivity index (χ2n) is 5.00. The Morgan fingerprint density at radius 2 is 1.77 bits per heavy atom. The molecule has 0 fully saturated rings. The Kier molecular flexibility index (Phi) is 6.10. The monoisotopic (exact) mass is 336 g/mol. The van der Waals surface area contributed by atoms with E-state index in [0.717, 1.165) is 16.9 Å². The van der Waals surface area contributed by atoms with Crippen molar-refractivity contribution in [3.05, 3.63) is 63.6 Å². The largest absolute Gasteiger partial charge is 0.490 e. The van der Waals surface area contributed by atoms with E-state index in [1.807, 2.05) is 44.2 Å². The van der Waals surface area contributed by atoms with E-state index < -0.39 is 0 Å². The van der Waals surface area contributed by atoms with Gasteiger partial charge in [0.15, 0.2) is 0 Å². The predicted molar refractivity (Wildman–Crippen MR) is 93.1 cm³/mol. The summed E-state index contributed by atoms with van der Waals surface area (Å²) in [5.41, 5.74) is 4.70. The molecule has 22 heavy (non-hydrogen) atoms. The number of rotatable bonds is 6. The second-order valence-corrected chi connectivity index (χ2v) is 5.81. The lowest BCUT2D eigenvalue weighted by Gasteiger charge is -2.11. The lowest BCUT2D eigenvalue weighted by atomic mass is 10.2. The molecule has 0 spiro atoms. The molecule has 0 amide bonds. The van der Waals surface area contributed by atoms with E-state index in [2.05, 4.69) is 10.5 Å². The van der Waals surface area contributed by atoms with E-state index in [0.29, 0.717) is 16.6 Å². The molecule has 0 aromatic heterocycles. The van der Waals surface area contributed by atoms with Gasteiger partial charge in [0.25, 0.3) is 0 Å². The summed E-state index contributed by atoms with van der Waals surface area (Å²) in [6.07, 6.45) is 1.84. The van der Waals surface area contributed by atoms with Crippen molar-refractivity contribution < 1.29 is 4.74 Å². The van der Waals surface area contributed by atoms with Crippen LogP contribution in [0.25, 0.3) is 0 Å². The Hall–Kier alpha value is -1.71. The average molecular weight is 337 g/mol. The molecule has 0 bridgehead atoms. The van der Waals surface area contributed by atoms with Gasteiger partial charge in [0.2, 0.25) is 0 Å². The van der Waals surface area contributed by atoms with Crippen LogP contribution in [0.15, 0.2) is 47.6 Å². The van der Waals surface area contributed by atoms with Gasteiger partial charge >= 0.3 is 0 Å². The van der Waals surface area contributed by atoms with Gasteiger partial charge in [-0.25, -0.2) is 0 Å². The predicted octanol–water partition coefficient (Wildman–Crippen LogP) is 4.90. The first kappa shape index (κ1) is 16.7. The van der Waals surface area contributed by atoms with Crippen molar-refractivity contribution in [1.82, 2.24) is 5.43 Å². The maximum absolute atomic E-state index is 6.11. The summed E-state index contributed by atoms with van der Waals surface area (Å²) in [6, 6.07) is 13.2. The Morgan fingerprint density at radius 3 is 2.45 bits per heavy atom. The topological polar surface area (TPSA) is 33.6 Å². The van der Waals surface area contributed by atoms with Crippen molar-refractivity contribution in [3.8, 4) is 5.75 Å². The van der Waals surface area contributed by atoms with Gasteiger partial charge in [0.05, 0.1) is 18.9 Å². The fraction of sp³-hybridized carbons (Fsp3) is 0.235. The van der Waals surface area contributed by atoms with E-state index in [4.69, 9.17) is 27.9 Å². The average Bonchev–Trinajstić information content (AvgIpc) is 2.47. The van der Waals surface area contributed by atoms with Gasteiger partial charge in [-0.1, -0.05) is 41.4 Å². The zero-order chi connectivity index (χ0) is 15.9. The minimum Gasteiger partial charge on any atom is -0.490 e. The van der Waals surface area contributed by atoms with Crippen LogP contribution >= 0.6 is 23.2 Å². The first-order chi connectivity index (χ1) is 10.6. The highest BCUT2D eigenvalue weighted by Crippen LogP contribution is 2.23. The fourth-order valence-corrected chi connectivity index (χ4v) is 2.42. The normalized spacial score (nSPS) is 11.1. The number of nitrogens with zero attached hydrogens (tertiary/aromatic N) is 1. The van der Waals surface area contributed by atoms with Crippen molar-refractivity contribution in [2.75, 3.05) is 0 Å². The third-order valence-corrected chi connectivity index (χ3v) is 3.60. The number of hydrazone groups is 1. The van der Waals surface area contributed by atoms with Crippen LogP contribution < -0.4 is 10.2 Å². The molecule has 0 aliphatic heterocycles. The van der Waals surface area contributed by atoms with Crippen molar-refractivity contribution in [2.24, 2.45) is 5.10 Å². The van der Waals surface area contributed by atoms with Gasteiger partial charge in [-0.2, -0.15) is 5.10 Å². The van der Waals surface area contributed by atoms with Crippen LogP contribution in [-0.2, 0) is 6.54 Å². The first-order valence-corrected chi connectivity index (χ1v) is 7.78. The molecule has 2 aromatic rings. The Labute approximate surface area is 140 Å². The lowest BCUT2D eigenvalue weighted by molar-refractivity contribution is 0.242. The second kappa shape index (κ2) is 8.06. The Bertz CT molecular complexity index is 637. The number of halogens is 2. The molecule has 0 saturated heterocycles. The zero-order valence-corrected chi connectivity index (χ0v) is 14.0. The molecular formula is C17H18Cl2N2O. The van der Waals surface area contributed by atoms with Gasteiger partial charge < -0.3 is 10.2 Å². The fourth-order valence-electron chi connectivity index (χ4n) is 1.89. The first-order valence-electron chi connectivity index (χ1n) is 7.02. The van der Waals surface area contributed by atoms with Crippen LogP contribution in [-0.4, -0.2) is 12.3 Å². The summed E-state index contributed by atoms with van der Waals surface area (Å²) in [5, 5.41) is 5.46. The number of para-hydroxylation sites is 1. The zero-order valence-electron chi connectivity index (χ0n) is 12.5. The summed E-state index contributed by atoms with van der Waals surface area (Å²) in [4.78, 5) is 0. The van der Waals surface area contributed by atoms with Gasteiger partial charge in [-0.3, -0.25) is 0 Å². The minimum atomic E-state index is 0.115. The summed E-state index contributed by atoms with van der Waals surface area (Å²) >= 11 is 12.2. The van der Waals surface area contributed by atoms with E-state index in [1.165, 1.54) is 0 Å². The Balaban J connectivity index is 2.01. The summed E-state index contributed by atoms with van der Waals surface area (Å²) in [7, 11) is 0. The molecule has 0 heterocycles. The molecule has 116 valence electrons. The molecule has 0 aliphatic rings. The highest BCUT2D eigenvalue weighted by atomic mass is 35.5. The maximum atomic E-state index is 6.11. The molecular weight excluding hydrogens is 319 g/mol. The van der Waals surface area contributed by atoms with Crippen LogP contribution in [0.4, 0.5) is 0 Å². The lowest BCUT2D eigenvalue weighted by Crippen LogP contribution is -2.09. The van der Waals surface area contributed by atoms with Gasteiger partial charge in [-0.15, -0.1) is 0 Å². The molecule has 2 rings (SSSR count). The van der Waals surface area contributed by atoms with E-state index in [9.17, 15) is 0 Å².